The number of fused-ring (bicyclic) bond motifs is 1. The Morgan fingerprint density at radius 1 is 1.15 bits per heavy atom. The molecule has 2 aromatic heterocycles. The Bertz CT molecular complexity index is 916. The zero-order chi connectivity index (χ0) is 19.0. The lowest BCUT2D eigenvalue weighted by Gasteiger charge is -2.34. The number of benzene rings is 1. The fourth-order valence-corrected chi connectivity index (χ4v) is 4.52. The molecule has 1 amide bonds. The molecule has 0 atom stereocenters. The van der Waals surface area contributed by atoms with Crippen molar-refractivity contribution >= 4 is 33.1 Å². The molecule has 0 unspecified atom stereocenters. The van der Waals surface area contributed by atoms with Crippen molar-refractivity contribution in [2.45, 2.75) is 13.5 Å². The number of aryl methyl sites for hydroxylation is 2. The number of carbonyl (C=O) groups excluding carboxylic acids is 1. The molecule has 7 heteroatoms. The lowest BCUT2D eigenvalue weighted by molar-refractivity contribution is 0.0955. The molecule has 1 aromatic carbocycles. The summed E-state index contributed by atoms with van der Waals surface area (Å²) >= 11 is 1.49. The first kappa shape index (κ1) is 18.0. The Labute approximate surface area is 163 Å². The van der Waals surface area contributed by atoms with E-state index >= 15 is 0 Å². The molecule has 6 nitrogen and oxygen atoms in total. The second kappa shape index (κ2) is 7.32. The number of hydrogen-bond acceptors (Lipinski definition) is 5. The second-order valence-electron chi connectivity index (χ2n) is 7.18. The molecular weight excluding hydrogens is 358 g/mol. The van der Waals surface area contributed by atoms with E-state index in [2.05, 4.69) is 51.5 Å². The van der Waals surface area contributed by atoms with Gasteiger partial charge in [0, 0.05) is 50.8 Å². The first-order valence-electron chi connectivity index (χ1n) is 9.25. The Hall–Kier alpha value is -2.38. The summed E-state index contributed by atoms with van der Waals surface area (Å²) in [6, 6.07) is 10.5. The molecule has 0 bridgehead atoms. The minimum absolute atomic E-state index is 0.0289. The highest BCUT2D eigenvalue weighted by molar-refractivity contribution is 7.20. The third kappa shape index (κ3) is 3.70. The summed E-state index contributed by atoms with van der Waals surface area (Å²) in [5.74, 6) is -0.0289. The quantitative estimate of drug-likeness (QED) is 0.753. The molecule has 1 fully saturated rings. The van der Waals surface area contributed by atoms with E-state index in [1.54, 1.807) is 0 Å². The van der Waals surface area contributed by atoms with Crippen LogP contribution in [0.4, 0.5) is 5.69 Å². The molecule has 0 spiro atoms. The summed E-state index contributed by atoms with van der Waals surface area (Å²) in [5, 5.41) is 8.47. The van der Waals surface area contributed by atoms with Gasteiger partial charge in [-0.3, -0.25) is 9.48 Å². The van der Waals surface area contributed by atoms with Crippen LogP contribution < -0.4 is 10.2 Å². The van der Waals surface area contributed by atoms with Crippen molar-refractivity contribution in [3.05, 3.63) is 46.5 Å². The minimum Gasteiger partial charge on any atom is -0.369 e. The fourth-order valence-electron chi connectivity index (χ4n) is 3.48. The van der Waals surface area contributed by atoms with Crippen LogP contribution in [0.1, 0.15) is 20.9 Å². The summed E-state index contributed by atoms with van der Waals surface area (Å²) in [5.41, 5.74) is 3.33. The molecule has 3 heterocycles. The van der Waals surface area contributed by atoms with E-state index in [-0.39, 0.29) is 5.91 Å². The van der Waals surface area contributed by atoms with Crippen LogP contribution in [0.15, 0.2) is 30.3 Å². The Morgan fingerprint density at radius 3 is 2.52 bits per heavy atom. The number of amides is 1. The fraction of sp³-hybridized carbons (Fsp3) is 0.400. The van der Waals surface area contributed by atoms with Crippen LogP contribution in [-0.2, 0) is 13.6 Å². The average molecular weight is 384 g/mol. The Morgan fingerprint density at radius 2 is 1.85 bits per heavy atom. The third-order valence-corrected chi connectivity index (χ3v) is 6.38. The van der Waals surface area contributed by atoms with Crippen LogP contribution in [0.25, 0.3) is 10.2 Å². The number of nitrogens with one attached hydrogen (secondary N) is 1. The van der Waals surface area contributed by atoms with Gasteiger partial charge in [0.05, 0.1) is 10.6 Å². The van der Waals surface area contributed by atoms with Gasteiger partial charge in [-0.25, -0.2) is 0 Å². The number of thiophene rings is 1. The summed E-state index contributed by atoms with van der Waals surface area (Å²) in [4.78, 5) is 19.0. The highest BCUT2D eigenvalue weighted by Crippen LogP contribution is 2.27. The second-order valence-corrected chi connectivity index (χ2v) is 8.21. The number of carbonyl (C=O) groups is 1. The van der Waals surface area contributed by atoms with Gasteiger partial charge < -0.3 is 15.1 Å². The first-order valence-corrected chi connectivity index (χ1v) is 10.1. The van der Waals surface area contributed by atoms with E-state index in [4.69, 9.17) is 0 Å². The van der Waals surface area contributed by atoms with Crippen LogP contribution >= 0.6 is 11.3 Å². The SMILES string of the molecule is Cc1nn(C)c2sc(C(=O)NCc3ccc(N4CCN(C)CC4)cc3)cc12. The average Bonchev–Trinajstić information content (AvgIpc) is 3.23. The van der Waals surface area contributed by atoms with Crippen molar-refractivity contribution in [2.75, 3.05) is 38.1 Å². The molecule has 1 aliphatic rings. The van der Waals surface area contributed by atoms with Crippen LogP contribution in [-0.4, -0.2) is 53.8 Å². The molecule has 1 aliphatic heterocycles. The van der Waals surface area contributed by atoms with Gasteiger partial charge in [-0.2, -0.15) is 5.10 Å². The van der Waals surface area contributed by atoms with Crippen molar-refractivity contribution in [3.63, 3.8) is 0 Å². The number of rotatable bonds is 4. The van der Waals surface area contributed by atoms with E-state index in [1.165, 1.54) is 17.0 Å². The molecule has 3 aromatic rings. The largest absolute Gasteiger partial charge is 0.369 e. The zero-order valence-corrected chi connectivity index (χ0v) is 16.8. The van der Waals surface area contributed by atoms with Gasteiger partial charge in [-0.1, -0.05) is 12.1 Å². The van der Waals surface area contributed by atoms with Gasteiger partial charge in [0.25, 0.3) is 5.91 Å². The van der Waals surface area contributed by atoms with Gasteiger partial charge in [0.1, 0.15) is 4.83 Å². The van der Waals surface area contributed by atoms with E-state index in [0.29, 0.717) is 6.54 Å². The Balaban J connectivity index is 1.37. The predicted octanol–water partition coefficient (Wildman–Crippen LogP) is 2.63. The molecule has 4 rings (SSSR count). The van der Waals surface area contributed by atoms with Crippen molar-refractivity contribution in [2.24, 2.45) is 7.05 Å². The van der Waals surface area contributed by atoms with Gasteiger partial charge in [-0.15, -0.1) is 11.3 Å². The first-order chi connectivity index (χ1) is 13.0. The van der Waals surface area contributed by atoms with Crippen LogP contribution in [0.2, 0.25) is 0 Å². The molecule has 142 valence electrons. The highest BCUT2D eigenvalue weighted by Gasteiger charge is 2.16. The molecule has 0 radical (unpaired) electrons. The lowest BCUT2D eigenvalue weighted by Crippen LogP contribution is -2.44. The highest BCUT2D eigenvalue weighted by atomic mass is 32.1. The topological polar surface area (TPSA) is 53.4 Å². The minimum atomic E-state index is -0.0289. The van der Waals surface area contributed by atoms with E-state index in [1.807, 2.05) is 24.7 Å². The number of nitrogens with zero attached hydrogens (tertiary/aromatic N) is 4. The van der Waals surface area contributed by atoms with Crippen molar-refractivity contribution in [1.29, 1.82) is 0 Å². The summed E-state index contributed by atoms with van der Waals surface area (Å²) in [6.45, 7) is 6.83. The normalized spacial score (nSPS) is 15.4. The third-order valence-electron chi connectivity index (χ3n) is 5.18. The zero-order valence-electron chi connectivity index (χ0n) is 16.0. The van der Waals surface area contributed by atoms with Gasteiger partial charge >= 0.3 is 0 Å². The van der Waals surface area contributed by atoms with E-state index in [9.17, 15) is 4.79 Å². The Kier molecular flexibility index (Phi) is 4.88. The number of piperazine rings is 1. The maximum Gasteiger partial charge on any atom is 0.261 e. The van der Waals surface area contributed by atoms with Crippen molar-refractivity contribution < 1.29 is 4.79 Å². The number of hydrogen-bond donors (Lipinski definition) is 1. The molecule has 0 saturated carbocycles. The number of anilines is 1. The van der Waals surface area contributed by atoms with Crippen LogP contribution in [0.5, 0.6) is 0 Å². The van der Waals surface area contributed by atoms with Gasteiger partial charge in [0.2, 0.25) is 0 Å². The maximum atomic E-state index is 12.5. The standard InChI is InChI=1S/C20H25N5OS/c1-14-17-12-18(27-20(17)24(3)22-14)19(26)21-13-15-4-6-16(7-5-15)25-10-8-23(2)9-11-25/h4-7,12H,8-11,13H2,1-3H3,(H,21,26). The summed E-state index contributed by atoms with van der Waals surface area (Å²) < 4.78 is 1.84. The van der Waals surface area contributed by atoms with Crippen LogP contribution in [0, 0.1) is 6.92 Å². The molecule has 27 heavy (non-hydrogen) atoms. The summed E-state index contributed by atoms with van der Waals surface area (Å²) in [6.07, 6.45) is 0. The van der Waals surface area contributed by atoms with Crippen molar-refractivity contribution in [3.8, 4) is 0 Å². The van der Waals surface area contributed by atoms with Gasteiger partial charge in [-0.05, 0) is 37.7 Å². The molecular formula is C20H25N5OS. The van der Waals surface area contributed by atoms with Gasteiger partial charge in [0.15, 0.2) is 0 Å². The molecule has 0 aliphatic carbocycles. The van der Waals surface area contributed by atoms with Crippen molar-refractivity contribution in [1.82, 2.24) is 20.0 Å². The van der Waals surface area contributed by atoms with E-state index < -0.39 is 0 Å². The number of aromatic nitrogens is 2. The maximum absolute atomic E-state index is 12.5. The molecule has 1 N–H and O–H groups in total. The predicted molar refractivity (Wildman–Crippen MR) is 111 cm³/mol. The van der Waals surface area contributed by atoms with E-state index in [0.717, 1.165) is 52.5 Å². The lowest BCUT2D eigenvalue weighted by atomic mass is 10.1. The molecule has 1 saturated heterocycles. The summed E-state index contributed by atoms with van der Waals surface area (Å²) in [7, 11) is 4.08. The monoisotopic (exact) mass is 383 g/mol. The van der Waals surface area contributed by atoms with Crippen LogP contribution in [0.3, 0.4) is 0 Å². The number of likely N-dealkylation sites (N-methyl/N-ethyl adjacent to an activating group) is 1. The smallest absolute Gasteiger partial charge is 0.261 e.